The summed E-state index contributed by atoms with van der Waals surface area (Å²) >= 11 is 0. The van der Waals surface area contributed by atoms with Gasteiger partial charge in [-0.25, -0.2) is 0 Å². The standard InChI is InChI=1S/C24H17N/c1-25-22-15-21-19-13-6-5-11-17(19)18-12-7-8-14-20(18)24(21)23(22)16-9-3-2-4-10-16/h2-15H,1H3. The topological polar surface area (TPSA) is 12.4 Å². The molecule has 1 aliphatic rings. The quantitative estimate of drug-likeness (QED) is 0.469. The maximum Gasteiger partial charge on any atom is 0.0662 e. The first-order valence-corrected chi connectivity index (χ1v) is 8.56. The van der Waals surface area contributed by atoms with E-state index in [1.807, 2.05) is 7.05 Å². The van der Waals surface area contributed by atoms with E-state index < -0.39 is 0 Å². The third kappa shape index (κ3) is 1.99. The van der Waals surface area contributed by atoms with Gasteiger partial charge in [-0.05, 0) is 38.4 Å². The molecular formula is C24H17N. The smallest absolute Gasteiger partial charge is 0.0662 e. The van der Waals surface area contributed by atoms with E-state index in [2.05, 4.69) is 89.9 Å². The van der Waals surface area contributed by atoms with Crippen molar-refractivity contribution >= 4 is 38.9 Å². The summed E-state index contributed by atoms with van der Waals surface area (Å²) in [5.74, 6) is 0. The van der Waals surface area contributed by atoms with Crippen LogP contribution in [0.15, 0.2) is 83.9 Å². The molecule has 0 heterocycles. The van der Waals surface area contributed by atoms with Crippen molar-refractivity contribution in [2.75, 3.05) is 7.05 Å². The minimum Gasteiger partial charge on any atom is -0.288 e. The van der Waals surface area contributed by atoms with Crippen LogP contribution in [0.4, 0.5) is 0 Å². The van der Waals surface area contributed by atoms with Gasteiger partial charge in [0.05, 0.1) is 5.71 Å². The van der Waals surface area contributed by atoms with E-state index in [9.17, 15) is 0 Å². The van der Waals surface area contributed by atoms with Gasteiger partial charge in [0.25, 0.3) is 0 Å². The predicted octanol–water partition coefficient (Wildman–Crippen LogP) is 4.06. The first-order chi connectivity index (χ1) is 12.4. The highest BCUT2D eigenvalue weighted by atomic mass is 14.7. The molecule has 0 atom stereocenters. The molecule has 0 radical (unpaired) electrons. The highest BCUT2D eigenvalue weighted by molar-refractivity contribution is 6.40. The van der Waals surface area contributed by atoms with Crippen LogP contribution in [0, 0.1) is 0 Å². The van der Waals surface area contributed by atoms with Crippen molar-refractivity contribution in [1.29, 1.82) is 0 Å². The number of aliphatic imine (C=N–C) groups is 1. The van der Waals surface area contributed by atoms with Crippen molar-refractivity contribution in [3.8, 4) is 0 Å². The zero-order valence-electron chi connectivity index (χ0n) is 14.0. The van der Waals surface area contributed by atoms with Crippen LogP contribution in [0.2, 0.25) is 0 Å². The molecule has 4 aromatic carbocycles. The van der Waals surface area contributed by atoms with Gasteiger partial charge in [0.2, 0.25) is 0 Å². The average molecular weight is 319 g/mol. The molecule has 0 saturated heterocycles. The highest BCUT2D eigenvalue weighted by Crippen LogP contribution is 2.24. The Kier molecular flexibility index (Phi) is 3.07. The van der Waals surface area contributed by atoms with Crippen LogP contribution < -0.4 is 10.4 Å². The molecule has 1 nitrogen and oxygen atoms in total. The van der Waals surface area contributed by atoms with Gasteiger partial charge in [-0.3, -0.25) is 4.99 Å². The van der Waals surface area contributed by atoms with E-state index in [4.69, 9.17) is 0 Å². The van der Waals surface area contributed by atoms with Gasteiger partial charge in [-0.1, -0.05) is 78.9 Å². The van der Waals surface area contributed by atoms with E-state index in [-0.39, 0.29) is 0 Å². The van der Waals surface area contributed by atoms with Crippen molar-refractivity contribution in [2.45, 2.75) is 0 Å². The number of rotatable bonds is 1. The second kappa shape index (κ2) is 5.42. The van der Waals surface area contributed by atoms with Gasteiger partial charge in [0.1, 0.15) is 0 Å². The molecule has 0 saturated carbocycles. The maximum atomic E-state index is 4.60. The summed E-state index contributed by atoms with van der Waals surface area (Å²) in [5.41, 5.74) is 3.52. The summed E-state index contributed by atoms with van der Waals surface area (Å²) in [4.78, 5) is 4.60. The SMILES string of the molecule is CN=C1C=c2c(c3ccccc3c3ccccc23)=C1c1ccccc1. The summed E-state index contributed by atoms with van der Waals surface area (Å²) in [7, 11) is 1.88. The fraction of sp³-hybridized carbons (Fsp3) is 0.0417. The fourth-order valence-corrected chi connectivity index (χ4v) is 4.00. The summed E-state index contributed by atoms with van der Waals surface area (Å²) in [6.45, 7) is 0. The first-order valence-electron chi connectivity index (χ1n) is 8.56. The lowest BCUT2D eigenvalue weighted by Crippen LogP contribution is -2.25. The number of fused-ring (bicyclic) bond motifs is 6. The van der Waals surface area contributed by atoms with Gasteiger partial charge in [-0.15, -0.1) is 0 Å². The van der Waals surface area contributed by atoms with E-state index in [0.29, 0.717) is 0 Å². The fourth-order valence-electron chi connectivity index (χ4n) is 4.00. The molecule has 0 unspecified atom stereocenters. The summed E-state index contributed by atoms with van der Waals surface area (Å²) in [6, 6.07) is 28.0. The van der Waals surface area contributed by atoms with Crippen LogP contribution in [-0.4, -0.2) is 12.8 Å². The molecule has 118 valence electrons. The Morgan fingerprint density at radius 1 is 0.600 bits per heavy atom. The van der Waals surface area contributed by atoms with E-state index in [0.717, 1.165) is 5.71 Å². The van der Waals surface area contributed by atoms with E-state index >= 15 is 0 Å². The van der Waals surface area contributed by atoms with Gasteiger partial charge >= 0.3 is 0 Å². The van der Waals surface area contributed by atoms with Gasteiger partial charge in [-0.2, -0.15) is 0 Å². The molecule has 1 aliphatic carbocycles. The minimum absolute atomic E-state index is 1.06. The minimum atomic E-state index is 1.06. The molecule has 0 amide bonds. The van der Waals surface area contributed by atoms with E-state index in [1.165, 1.54) is 43.1 Å². The van der Waals surface area contributed by atoms with Crippen LogP contribution in [0.5, 0.6) is 0 Å². The lowest BCUT2D eigenvalue weighted by atomic mass is 9.95. The molecule has 0 aliphatic heterocycles. The summed E-state index contributed by atoms with van der Waals surface area (Å²) < 4.78 is 0. The van der Waals surface area contributed by atoms with Gasteiger partial charge in [0, 0.05) is 17.8 Å². The molecule has 0 bridgehead atoms. The highest BCUT2D eigenvalue weighted by Gasteiger charge is 2.18. The van der Waals surface area contributed by atoms with Crippen molar-refractivity contribution < 1.29 is 0 Å². The largest absolute Gasteiger partial charge is 0.288 e. The Morgan fingerprint density at radius 3 is 1.84 bits per heavy atom. The van der Waals surface area contributed by atoms with Crippen molar-refractivity contribution in [3.63, 3.8) is 0 Å². The lowest BCUT2D eigenvalue weighted by Gasteiger charge is -2.08. The number of hydrogen-bond donors (Lipinski definition) is 0. The normalized spacial score (nSPS) is 14.9. The van der Waals surface area contributed by atoms with Crippen molar-refractivity contribution in [3.05, 3.63) is 94.9 Å². The number of benzene rings is 4. The average Bonchev–Trinajstić information content (AvgIpc) is 3.09. The molecule has 4 aromatic rings. The third-order valence-electron chi connectivity index (χ3n) is 5.06. The van der Waals surface area contributed by atoms with Crippen LogP contribution in [-0.2, 0) is 0 Å². The lowest BCUT2D eigenvalue weighted by molar-refractivity contribution is 1.46. The number of nitrogens with zero attached hydrogens (tertiary/aromatic N) is 1. The van der Waals surface area contributed by atoms with Gasteiger partial charge < -0.3 is 0 Å². The molecule has 5 rings (SSSR count). The van der Waals surface area contributed by atoms with Crippen molar-refractivity contribution in [2.24, 2.45) is 4.99 Å². The van der Waals surface area contributed by atoms with Crippen LogP contribution in [0.25, 0.3) is 33.2 Å². The van der Waals surface area contributed by atoms with Crippen LogP contribution in [0.1, 0.15) is 5.56 Å². The zero-order chi connectivity index (χ0) is 16.8. The summed E-state index contributed by atoms with van der Waals surface area (Å²) in [5, 5.41) is 7.79. The molecule has 0 spiro atoms. The molecule has 0 fully saturated rings. The van der Waals surface area contributed by atoms with Gasteiger partial charge in [0.15, 0.2) is 0 Å². The molecule has 25 heavy (non-hydrogen) atoms. The maximum absolute atomic E-state index is 4.60. The molecule has 0 N–H and O–H groups in total. The van der Waals surface area contributed by atoms with Crippen LogP contribution in [0.3, 0.4) is 0 Å². The summed E-state index contributed by atoms with van der Waals surface area (Å²) in [6.07, 6.45) is 2.24. The Balaban J connectivity index is 2.14. The van der Waals surface area contributed by atoms with E-state index in [1.54, 1.807) is 0 Å². The predicted molar refractivity (Wildman–Crippen MR) is 107 cm³/mol. The monoisotopic (exact) mass is 319 g/mol. The molecule has 0 aromatic heterocycles. The Hall–Kier alpha value is -3.19. The molecular weight excluding hydrogens is 302 g/mol. The molecule has 1 heteroatoms. The van der Waals surface area contributed by atoms with Crippen LogP contribution >= 0.6 is 0 Å². The third-order valence-corrected chi connectivity index (χ3v) is 5.06. The second-order valence-electron chi connectivity index (χ2n) is 6.37. The zero-order valence-corrected chi connectivity index (χ0v) is 14.0. The van der Waals surface area contributed by atoms with Crippen molar-refractivity contribution in [1.82, 2.24) is 0 Å². The Labute approximate surface area is 146 Å². The first kappa shape index (κ1) is 14.2. The Bertz CT molecular complexity index is 1280. The number of hydrogen-bond acceptors (Lipinski definition) is 1. The second-order valence-corrected chi connectivity index (χ2v) is 6.37. The Morgan fingerprint density at radius 2 is 1.16 bits per heavy atom.